The van der Waals surface area contributed by atoms with E-state index in [0.29, 0.717) is 21.7 Å². The highest BCUT2D eigenvalue weighted by atomic mass is 35.5. The molecule has 0 saturated heterocycles. The van der Waals surface area contributed by atoms with Gasteiger partial charge in [0, 0.05) is 17.1 Å². The zero-order chi connectivity index (χ0) is 21.2. The zero-order valence-corrected chi connectivity index (χ0v) is 17.9. The highest BCUT2D eigenvalue weighted by Gasteiger charge is 2.13. The second-order valence-corrected chi connectivity index (χ2v) is 8.50. The van der Waals surface area contributed by atoms with Crippen molar-refractivity contribution in [2.45, 2.75) is 12.8 Å². The number of halogens is 1. The smallest absolute Gasteiger partial charge is 0.265 e. The molecular formula is C23H18ClN5OS. The second-order valence-electron chi connectivity index (χ2n) is 7.14. The molecule has 2 aromatic carbocycles. The minimum atomic E-state index is -0.107. The minimum absolute atomic E-state index is 0.107. The van der Waals surface area contributed by atoms with Gasteiger partial charge in [0.1, 0.15) is 5.02 Å². The Bertz CT molecular complexity index is 1260. The quantitative estimate of drug-likeness (QED) is 0.349. The first kappa shape index (κ1) is 19.5. The second kappa shape index (κ2) is 8.37. The fraction of sp³-hybridized carbons (Fsp3) is 0.0870. The Kier molecular flexibility index (Phi) is 5.28. The van der Waals surface area contributed by atoms with Gasteiger partial charge in [0.25, 0.3) is 5.91 Å². The molecule has 2 aromatic heterocycles. The van der Waals surface area contributed by atoms with E-state index in [-0.39, 0.29) is 5.91 Å². The summed E-state index contributed by atoms with van der Waals surface area (Å²) >= 11 is 7.74. The number of aromatic nitrogens is 2. The van der Waals surface area contributed by atoms with Gasteiger partial charge in [-0.25, -0.2) is 4.98 Å². The van der Waals surface area contributed by atoms with E-state index in [1.165, 1.54) is 16.9 Å². The van der Waals surface area contributed by atoms with Gasteiger partial charge in [0.2, 0.25) is 5.95 Å². The Labute approximate surface area is 188 Å². The predicted molar refractivity (Wildman–Crippen MR) is 126 cm³/mol. The third-order valence-corrected chi connectivity index (χ3v) is 6.12. The molecule has 4 aromatic rings. The van der Waals surface area contributed by atoms with E-state index in [2.05, 4.69) is 38.1 Å². The molecule has 6 bridgehead atoms. The van der Waals surface area contributed by atoms with E-state index in [1.807, 2.05) is 47.8 Å². The molecule has 0 saturated carbocycles. The van der Waals surface area contributed by atoms with E-state index in [0.717, 1.165) is 35.5 Å². The van der Waals surface area contributed by atoms with Crippen LogP contribution in [0.25, 0.3) is 0 Å². The van der Waals surface area contributed by atoms with Crippen LogP contribution in [0.15, 0.2) is 66.2 Å². The molecule has 1 aliphatic heterocycles. The van der Waals surface area contributed by atoms with Crippen molar-refractivity contribution in [3.05, 3.63) is 87.2 Å². The number of aryl methyl sites for hydroxylation is 2. The Hall–Kier alpha value is -3.42. The Balaban J connectivity index is 1.54. The summed E-state index contributed by atoms with van der Waals surface area (Å²) in [5.41, 5.74) is 4.73. The molecule has 3 N–H and O–H groups in total. The van der Waals surface area contributed by atoms with Crippen LogP contribution >= 0.6 is 22.9 Å². The summed E-state index contributed by atoms with van der Waals surface area (Å²) in [6, 6.07) is 17.7. The van der Waals surface area contributed by atoms with Gasteiger partial charge >= 0.3 is 0 Å². The van der Waals surface area contributed by atoms with Crippen LogP contribution in [0.2, 0.25) is 5.02 Å². The Morgan fingerprint density at radius 2 is 1.94 bits per heavy atom. The van der Waals surface area contributed by atoms with Crippen LogP contribution in [-0.4, -0.2) is 15.9 Å². The molecule has 31 heavy (non-hydrogen) atoms. The van der Waals surface area contributed by atoms with Crippen LogP contribution in [0, 0.1) is 0 Å². The number of nitrogens with one attached hydrogen (secondary N) is 3. The molecule has 0 unspecified atom stereocenters. The van der Waals surface area contributed by atoms with Gasteiger partial charge in [-0.2, -0.15) is 4.98 Å². The van der Waals surface area contributed by atoms with Gasteiger partial charge in [0.15, 0.2) is 5.82 Å². The molecule has 154 valence electrons. The monoisotopic (exact) mass is 447 g/mol. The molecule has 0 aliphatic carbocycles. The molecule has 1 aliphatic rings. The van der Waals surface area contributed by atoms with Crippen molar-refractivity contribution >= 4 is 57.7 Å². The summed E-state index contributed by atoms with van der Waals surface area (Å²) in [5.74, 6) is 0.865. The Morgan fingerprint density at radius 3 is 2.81 bits per heavy atom. The summed E-state index contributed by atoms with van der Waals surface area (Å²) in [6.45, 7) is 0. The van der Waals surface area contributed by atoms with Crippen LogP contribution < -0.4 is 16.0 Å². The van der Waals surface area contributed by atoms with Crippen LogP contribution in [0.5, 0.6) is 0 Å². The molecule has 0 radical (unpaired) electrons. The number of amides is 1. The first-order valence-electron chi connectivity index (χ1n) is 9.77. The summed E-state index contributed by atoms with van der Waals surface area (Å²) < 4.78 is 0. The third kappa shape index (κ3) is 4.38. The standard InChI is InChI=1S/C23H18ClN5OS/c24-18-13-25-23-27-16-4-1-3-14(11-16)6-7-15-12-17(26-21(18)29-23)8-9-19(15)28-22(30)20-5-2-10-31-20/h1-5,8-13H,6-7H2,(H,28,30)(H2,25,26,27,29). The number of fused-ring (bicyclic) bond motifs is 6. The first-order valence-corrected chi connectivity index (χ1v) is 11.0. The van der Waals surface area contributed by atoms with E-state index < -0.39 is 0 Å². The van der Waals surface area contributed by atoms with Crippen molar-refractivity contribution in [2.75, 3.05) is 16.0 Å². The summed E-state index contributed by atoms with van der Waals surface area (Å²) in [7, 11) is 0. The molecule has 5 rings (SSSR count). The van der Waals surface area contributed by atoms with Gasteiger partial charge in [-0.05, 0) is 65.7 Å². The zero-order valence-electron chi connectivity index (χ0n) is 16.4. The number of thiophene rings is 1. The lowest BCUT2D eigenvalue weighted by molar-refractivity contribution is 0.103. The van der Waals surface area contributed by atoms with E-state index in [4.69, 9.17) is 11.6 Å². The lowest BCUT2D eigenvalue weighted by Gasteiger charge is -2.14. The maximum atomic E-state index is 12.6. The summed E-state index contributed by atoms with van der Waals surface area (Å²) in [5, 5.41) is 11.9. The molecule has 0 atom stereocenters. The number of carbonyl (C=O) groups excluding carboxylic acids is 1. The number of carbonyl (C=O) groups is 1. The van der Waals surface area contributed by atoms with Gasteiger partial charge in [0.05, 0.1) is 11.1 Å². The summed E-state index contributed by atoms with van der Waals surface area (Å²) in [6.07, 6.45) is 3.15. The number of nitrogens with zero attached hydrogens (tertiary/aromatic N) is 2. The third-order valence-electron chi connectivity index (χ3n) is 4.97. The van der Waals surface area contributed by atoms with Crippen LogP contribution in [0.4, 0.5) is 28.8 Å². The fourth-order valence-corrected chi connectivity index (χ4v) is 4.21. The topological polar surface area (TPSA) is 78.9 Å². The molecular weight excluding hydrogens is 430 g/mol. The molecule has 0 fully saturated rings. The normalized spacial score (nSPS) is 12.4. The SMILES string of the molecule is O=C(Nc1ccc2cc1CCc1cccc(c1)Nc1ncc(Cl)c(n1)N2)c1cccs1. The average Bonchev–Trinajstić information content (AvgIpc) is 3.31. The van der Waals surface area contributed by atoms with Crippen molar-refractivity contribution in [3.63, 3.8) is 0 Å². The number of rotatable bonds is 2. The maximum Gasteiger partial charge on any atom is 0.265 e. The summed E-state index contributed by atoms with van der Waals surface area (Å²) in [4.78, 5) is 22.1. The maximum absolute atomic E-state index is 12.6. The van der Waals surface area contributed by atoms with Crippen LogP contribution in [-0.2, 0) is 12.8 Å². The lowest BCUT2D eigenvalue weighted by atomic mass is 10.0. The number of benzene rings is 2. The van der Waals surface area contributed by atoms with Gasteiger partial charge in [-0.3, -0.25) is 4.79 Å². The molecule has 8 heteroatoms. The largest absolute Gasteiger partial charge is 0.339 e. The van der Waals surface area contributed by atoms with Crippen molar-refractivity contribution in [1.82, 2.24) is 9.97 Å². The highest BCUT2D eigenvalue weighted by Crippen LogP contribution is 2.29. The minimum Gasteiger partial charge on any atom is -0.339 e. The van der Waals surface area contributed by atoms with Crippen LogP contribution in [0.3, 0.4) is 0 Å². The van der Waals surface area contributed by atoms with E-state index >= 15 is 0 Å². The Morgan fingerprint density at radius 1 is 1.03 bits per heavy atom. The average molecular weight is 448 g/mol. The predicted octanol–water partition coefficient (Wildman–Crippen LogP) is 6.03. The van der Waals surface area contributed by atoms with Crippen molar-refractivity contribution in [3.8, 4) is 0 Å². The lowest BCUT2D eigenvalue weighted by Crippen LogP contribution is -2.12. The van der Waals surface area contributed by atoms with Gasteiger partial charge in [-0.1, -0.05) is 29.8 Å². The number of hydrogen-bond donors (Lipinski definition) is 3. The molecule has 1 amide bonds. The first-order chi connectivity index (χ1) is 15.1. The van der Waals surface area contributed by atoms with E-state index in [9.17, 15) is 4.79 Å². The van der Waals surface area contributed by atoms with Crippen LogP contribution in [0.1, 0.15) is 20.8 Å². The van der Waals surface area contributed by atoms with Crippen molar-refractivity contribution < 1.29 is 4.79 Å². The molecule has 6 nitrogen and oxygen atoms in total. The van der Waals surface area contributed by atoms with Gasteiger partial charge in [-0.15, -0.1) is 11.3 Å². The molecule has 3 heterocycles. The van der Waals surface area contributed by atoms with Crippen molar-refractivity contribution in [1.29, 1.82) is 0 Å². The van der Waals surface area contributed by atoms with Gasteiger partial charge < -0.3 is 16.0 Å². The van der Waals surface area contributed by atoms with Crippen molar-refractivity contribution in [2.24, 2.45) is 0 Å². The fourth-order valence-electron chi connectivity index (χ4n) is 3.46. The molecule has 0 spiro atoms. The van der Waals surface area contributed by atoms with E-state index in [1.54, 1.807) is 6.20 Å². The number of hydrogen-bond acceptors (Lipinski definition) is 6. The number of anilines is 5. The highest BCUT2D eigenvalue weighted by molar-refractivity contribution is 7.12.